The first-order chi connectivity index (χ1) is 14.5. The SMILES string of the molecule is C=CCC1CCC(CCCNC(=O)c2cc(CNC3CCC(N)CC3)ccc2Cl)C1. The van der Waals surface area contributed by atoms with Gasteiger partial charge in [-0.05, 0) is 87.3 Å². The molecule has 0 aromatic heterocycles. The second kappa shape index (κ2) is 11.9. The average molecular weight is 432 g/mol. The van der Waals surface area contributed by atoms with E-state index in [0.29, 0.717) is 29.2 Å². The fourth-order valence-electron chi connectivity index (χ4n) is 5.02. The van der Waals surface area contributed by atoms with Crippen molar-refractivity contribution in [2.45, 2.75) is 82.8 Å². The molecule has 5 heteroatoms. The predicted molar refractivity (Wildman–Crippen MR) is 126 cm³/mol. The molecule has 2 fully saturated rings. The first-order valence-corrected chi connectivity index (χ1v) is 12.1. The number of halogens is 1. The topological polar surface area (TPSA) is 67.2 Å². The maximum atomic E-state index is 12.7. The third-order valence-electron chi connectivity index (χ3n) is 6.87. The molecule has 3 rings (SSSR count). The minimum atomic E-state index is -0.0681. The summed E-state index contributed by atoms with van der Waals surface area (Å²) in [6.07, 6.45) is 13.8. The summed E-state index contributed by atoms with van der Waals surface area (Å²) in [4.78, 5) is 12.7. The molecule has 166 valence electrons. The number of amides is 1. The number of carbonyl (C=O) groups is 1. The van der Waals surface area contributed by atoms with Gasteiger partial charge >= 0.3 is 0 Å². The number of allylic oxidation sites excluding steroid dienone is 1. The molecule has 2 aliphatic carbocycles. The van der Waals surface area contributed by atoms with Crippen molar-refractivity contribution < 1.29 is 4.79 Å². The van der Waals surface area contributed by atoms with Crippen LogP contribution in [0, 0.1) is 11.8 Å². The molecule has 1 aromatic carbocycles. The van der Waals surface area contributed by atoms with Crippen molar-refractivity contribution in [3.05, 3.63) is 47.0 Å². The molecule has 0 radical (unpaired) electrons. The van der Waals surface area contributed by atoms with Crippen LogP contribution < -0.4 is 16.4 Å². The Morgan fingerprint density at radius 2 is 1.93 bits per heavy atom. The van der Waals surface area contributed by atoms with Crippen LogP contribution >= 0.6 is 11.6 Å². The molecule has 0 bridgehead atoms. The van der Waals surface area contributed by atoms with Gasteiger partial charge in [-0.15, -0.1) is 6.58 Å². The van der Waals surface area contributed by atoms with E-state index in [1.807, 2.05) is 24.3 Å². The lowest BCUT2D eigenvalue weighted by molar-refractivity contribution is 0.0952. The maximum absolute atomic E-state index is 12.7. The molecular formula is C25H38ClN3O. The van der Waals surface area contributed by atoms with E-state index < -0.39 is 0 Å². The molecule has 0 heterocycles. The normalized spacial score (nSPS) is 26.5. The molecule has 1 aromatic rings. The standard InChI is InChI=1S/C25H38ClN3O/c1-2-4-18-6-7-19(15-18)5-3-14-28-25(30)23-16-20(8-13-24(23)26)17-29-22-11-9-21(27)10-12-22/h2,8,13,16,18-19,21-22,29H,1,3-7,9-12,14-15,17,27H2,(H,28,30). The third-order valence-corrected chi connectivity index (χ3v) is 7.20. The summed E-state index contributed by atoms with van der Waals surface area (Å²) >= 11 is 6.31. The van der Waals surface area contributed by atoms with Crippen molar-refractivity contribution in [3.8, 4) is 0 Å². The molecule has 30 heavy (non-hydrogen) atoms. The Hall–Kier alpha value is -1.36. The van der Waals surface area contributed by atoms with Crippen LogP contribution in [0.3, 0.4) is 0 Å². The second-order valence-electron chi connectivity index (χ2n) is 9.27. The molecule has 4 nitrogen and oxygen atoms in total. The summed E-state index contributed by atoms with van der Waals surface area (Å²) in [5, 5.41) is 7.18. The van der Waals surface area contributed by atoms with Crippen LogP contribution in [0.2, 0.25) is 5.02 Å². The van der Waals surface area contributed by atoms with Gasteiger partial charge in [-0.1, -0.05) is 30.2 Å². The Morgan fingerprint density at radius 3 is 2.70 bits per heavy atom. The number of hydrogen-bond donors (Lipinski definition) is 3. The summed E-state index contributed by atoms with van der Waals surface area (Å²) in [6.45, 7) is 5.32. The molecule has 2 aliphatic rings. The van der Waals surface area contributed by atoms with E-state index in [1.54, 1.807) is 0 Å². The van der Waals surface area contributed by atoms with Gasteiger partial charge in [0, 0.05) is 25.2 Å². The van der Waals surface area contributed by atoms with E-state index in [0.717, 1.165) is 62.5 Å². The van der Waals surface area contributed by atoms with Crippen LogP contribution in [-0.2, 0) is 6.54 Å². The summed E-state index contributed by atoms with van der Waals surface area (Å²) in [5.74, 6) is 1.56. The van der Waals surface area contributed by atoms with E-state index in [1.165, 1.54) is 25.7 Å². The van der Waals surface area contributed by atoms with Crippen molar-refractivity contribution in [2.24, 2.45) is 17.6 Å². The molecule has 0 aliphatic heterocycles. The lowest BCUT2D eigenvalue weighted by Gasteiger charge is -2.27. The van der Waals surface area contributed by atoms with Gasteiger partial charge in [0.15, 0.2) is 0 Å². The molecule has 0 spiro atoms. The fourth-order valence-corrected chi connectivity index (χ4v) is 5.22. The Labute approximate surface area is 187 Å². The summed E-state index contributed by atoms with van der Waals surface area (Å²) < 4.78 is 0. The smallest absolute Gasteiger partial charge is 0.252 e. The molecule has 4 N–H and O–H groups in total. The quantitative estimate of drug-likeness (QED) is 0.352. The highest BCUT2D eigenvalue weighted by molar-refractivity contribution is 6.33. The van der Waals surface area contributed by atoms with E-state index in [9.17, 15) is 4.79 Å². The van der Waals surface area contributed by atoms with Crippen LogP contribution in [0.4, 0.5) is 0 Å². The summed E-state index contributed by atoms with van der Waals surface area (Å²) in [7, 11) is 0. The van der Waals surface area contributed by atoms with Gasteiger partial charge in [0.25, 0.3) is 5.91 Å². The molecule has 2 atom stereocenters. The van der Waals surface area contributed by atoms with Gasteiger partial charge in [-0.2, -0.15) is 0 Å². The minimum Gasteiger partial charge on any atom is -0.352 e. The largest absolute Gasteiger partial charge is 0.352 e. The number of carbonyl (C=O) groups excluding carboxylic acids is 1. The van der Waals surface area contributed by atoms with Crippen molar-refractivity contribution in [1.29, 1.82) is 0 Å². The van der Waals surface area contributed by atoms with Crippen LogP contribution in [0.25, 0.3) is 0 Å². The molecule has 2 saturated carbocycles. The summed E-state index contributed by atoms with van der Waals surface area (Å²) in [6, 6.07) is 6.63. The highest BCUT2D eigenvalue weighted by atomic mass is 35.5. The Bertz CT molecular complexity index is 700. The van der Waals surface area contributed by atoms with Crippen LogP contribution in [0.15, 0.2) is 30.9 Å². The minimum absolute atomic E-state index is 0.0681. The Balaban J connectivity index is 1.40. The zero-order valence-electron chi connectivity index (χ0n) is 18.2. The van der Waals surface area contributed by atoms with Gasteiger partial charge in [-0.25, -0.2) is 0 Å². The zero-order valence-corrected chi connectivity index (χ0v) is 18.9. The zero-order chi connectivity index (χ0) is 21.3. The first-order valence-electron chi connectivity index (χ1n) is 11.7. The molecule has 2 unspecified atom stereocenters. The molecule has 0 saturated heterocycles. The van der Waals surface area contributed by atoms with Gasteiger partial charge in [0.1, 0.15) is 0 Å². The first kappa shape index (κ1) is 23.3. The van der Waals surface area contributed by atoms with Gasteiger partial charge in [-0.3, -0.25) is 4.79 Å². The lowest BCUT2D eigenvalue weighted by Crippen LogP contribution is -2.37. The van der Waals surface area contributed by atoms with Crippen molar-refractivity contribution in [2.75, 3.05) is 6.54 Å². The van der Waals surface area contributed by atoms with Crippen LogP contribution in [0.5, 0.6) is 0 Å². The van der Waals surface area contributed by atoms with E-state index in [-0.39, 0.29) is 5.91 Å². The van der Waals surface area contributed by atoms with E-state index in [4.69, 9.17) is 17.3 Å². The van der Waals surface area contributed by atoms with Gasteiger partial charge in [0.05, 0.1) is 10.6 Å². The highest BCUT2D eigenvalue weighted by Gasteiger charge is 2.23. The lowest BCUT2D eigenvalue weighted by atomic mass is 9.92. The Kier molecular flexibility index (Phi) is 9.23. The van der Waals surface area contributed by atoms with Gasteiger partial charge < -0.3 is 16.4 Å². The number of rotatable bonds is 10. The van der Waals surface area contributed by atoms with E-state index >= 15 is 0 Å². The number of hydrogen-bond acceptors (Lipinski definition) is 3. The number of benzene rings is 1. The maximum Gasteiger partial charge on any atom is 0.252 e. The van der Waals surface area contributed by atoms with Crippen LogP contribution in [0.1, 0.15) is 80.1 Å². The average Bonchev–Trinajstić information content (AvgIpc) is 3.19. The van der Waals surface area contributed by atoms with Crippen molar-refractivity contribution in [3.63, 3.8) is 0 Å². The second-order valence-corrected chi connectivity index (χ2v) is 9.68. The number of nitrogens with one attached hydrogen (secondary N) is 2. The summed E-state index contributed by atoms with van der Waals surface area (Å²) in [5.41, 5.74) is 7.66. The van der Waals surface area contributed by atoms with E-state index in [2.05, 4.69) is 17.2 Å². The van der Waals surface area contributed by atoms with Crippen molar-refractivity contribution in [1.82, 2.24) is 10.6 Å². The predicted octanol–water partition coefficient (Wildman–Crippen LogP) is 5.20. The molecular weight excluding hydrogens is 394 g/mol. The Morgan fingerprint density at radius 1 is 1.17 bits per heavy atom. The van der Waals surface area contributed by atoms with Crippen LogP contribution in [-0.4, -0.2) is 24.5 Å². The third kappa shape index (κ3) is 7.11. The fraction of sp³-hybridized carbons (Fsp3) is 0.640. The highest BCUT2D eigenvalue weighted by Crippen LogP contribution is 2.35. The van der Waals surface area contributed by atoms with Crippen molar-refractivity contribution >= 4 is 17.5 Å². The monoisotopic (exact) mass is 431 g/mol. The van der Waals surface area contributed by atoms with Gasteiger partial charge in [0.2, 0.25) is 0 Å². The number of nitrogens with two attached hydrogens (primary N) is 1. The molecule has 1 amide bonds.